The van der Waals surface area contributed by atoms with Gasteiger partial charge in [-0.3, -0.25) is 9.78 Å². The Labute approximate surface area is 62.9 Å². The molecule has 0 radical (unpaired) electrons. The van der Waals surface area contributed by atoms with Gasteiger partial charge in [0.2, 0.25) is 5.78 Å². The predicted molar refractivity (Wildman–Crippen MR) is 39.9 cm³/mol. The number of hydrogen-bond acceptors (Lipinski definition) is 3. The summed E-state index contributed by atoms with van der Waals surface area (Å²) in [6.07, 6.45) is 1.53. The predicted octanol–water partition coefficient (Wildman–Crippen LogP) is 1.35. The topological polar surface area (TPSA) is 30.0 Å². The van der Waals surface area contributed by atoms with Crippen LogP contribution in [0, 0.1) is 11.8 Å². The lowest BCUT2D eigenvalue weighted by Gasteiger charge is -1.78. The van der Waals surface area contributed by atoms with Crippen molar-refractivity contribution in [3.63, 3.8) is 0 Å². The molecule has 1 rings (SSSR count). The molecule has 0 aliphatic rings. The third-order valence-electron chi connectivity index (χ3n) is 0.895. The van der Waals surface area contributed by atoms with Crippen LogP contribution in [0.15, 0.2) is 11.7 Å². The van der Waals surface area contributed by atoms with Crippen molar-refractivity contribution in [1.82, 2.24) is 4.98 Å². The van der Waals surface area contributed by atoms with Crippen LogP contribution in [0.1, 0.15) is 16.6 Å². The van der Waals surface area contributed by atoms with E-state index in [4.69, 9.17) is 0 Å². The third-order valence-corrected chi connectivity index (χ3v) is 1.67. The highest BCUT2D eigenvalue weighted by Crippen LogP contribution is 2.04. The zero-order chi connectivity index (χ0) is 7.40. The van der Waals surface area contributed by atoms with Crippen LogP contribution < -0.4 is 0 Å². The second kappa shape index (κ2) is 3.14. The molecule has 0 aliphatic carbocycles. The highest BCUT2D eigenvalue weighted by atomic mass is 32.1. The number of carbonyl (C=O) groups excluding carboxylic acids is 1. The second-order valence-corrected chi connectivity index (χ2v) is 2.46. The lowest BCUT2D eigenvalue weighted by Crippen LogP contribution is -1.88. The second-order valence-electron chi connectivity index (χ2n) is 1.57. The molecule has 1 heterocycles. The van der Waals surface area contributed by atoms with Gasteiger partial charge in [0.15, 0.2) is 0 Å². The zero-order valence-corrected chi connectivity index (χ0v) is 6.23. The van der Waals surface area contributed by atoms with Gasteiger partial charge in [0.1, 0.15) is 4.88 Å². The average Bonchev–Trinajstić information content (AvgIpc) is 2.38. The Morgan fingerprint density at radius 1 is 1.80 bits per heavy atom. The fourth-order valence-electron chi connectivity index (χ4n) is 0.503. The minimum atomic E-state index is -0.148. The number of thiazole rings is 1. The summed E-state index contributed by atoms with van der Waals surface area (Å²) in [5.74, 6) is 4.82. The standard InChI is InChI=1S/C7H5NOS/c1-2-3-6(9)7-4-8-5-10-7/h4-5H,1H3. The van der Waals surface area contributed by atoms with Crippen molar-refractivity contribution in [2.45, 2.75) is 6.92 Å². The first-order valence-corrected chi connectivity index (χ1v) is 3.58. The van der Waals surface area contributed by atoms with Crippen LogP contribution in [0.2, 0.25) is 0 Å². The molecule has 0 spiro atoms. The normalized spacial score (nSPS) is 8.10. The number of carbonyl (C=O) groups is 1. The first-order chi connectivity index (χ1) is 4.84. The summed E-state index contributed by atoms with van der Waals surface area (Å²) in [5, 5.41) is 0. The summed E-state index contributed by atoms with van der Waals surface area (Å²) < 4.78 is 0. The number of ketones is 1. The molecule has 0 saturated carbocycles. The van der Waals surface area contributed by atoms with E-state index >= 15 is 0 Å². The van der Waals surface area contributed by atoms with Gasteiger partial charge in [-0.1, -0.05) is 5.92 Å². The molecule has 0 unspecified atom stereocenters. The molecular formula is C7H5NOS. The molecule has 50 valence electrons. The Kier molecular flexibility index (Phi) is 2.19. The summed E-state index contributed by atoms with van der Waals surface area (Å²) in [5.41, 5.74) is 1.62. The van der Waals surface area contributed by atoms with Crippen molar-refractivity contribution >= 4 is 17.1 Å². The monoisotopic (exact) mass is 151 g/mol. The van der Waals surface area contributed by atoms with E-state index in [0.29, 0.717) is 4.88 Å². The van der Waals surface area contributed by atoms with E-state index in [1.54, 1.807) is 12.4 Å². The molecule has 0 saturated heterocycles. The molecular weight excluding hydrogens is 146 g/mol. The van der Waals surface area contributed by atoms with Gasteiger partial charge in [0.25, 0.3) is 0 Å². The minimum Gasteiger partial charge on any atom is -0.278 e. The molecule has 1 aromatic heterocycles. The van der Waals surface area contributed by atoms with Crippen LogP contribution >= 0.6 is 11.3 Å². The van der Waals surface area contributed by atoms with Crippen LogP contribution in [0.25, 0.3) is 0 Å². The van der Waals surface area contributed by atoms with E-state index in [0.717, 1.165) is 0 Å². The Hall–Kier alpha value is -1.14. The van der Waals surface area contributed by atoms with Crippen molar-refractivity contribution in [2.24, 2.45) is 0 Å². The SMILES string of the molecule is CC#CC(=O)c1cncs1. The van der Waals surface area contributed by atoms with Crippen LogP contribution in [0.4, 0.5) is 0 Å². The number of aromatic nitrogens is 1. The van der Waals surface area contributed by atoms with E-state index in [1.807, 2.05) is 0 Å². The summed E-state index contributed by atoms with van der Waals surface area (Å²) in [6.45, 7) is 1.64. The van der Waals surface area contributed by atoms with Crippen LogP contribution in [-0.4, -0.2) is 10.8 Å². The van der Waals surface area contributed by atoms with Gasteiger partial charge < -0.3 is 0 Å². The molecule has 0 bridgehead atoms. The highest BCUT2D eigenvalue weighted by molar-refractivity contribution is 7.11. The maximum absolute atomic E-state index is 10.9. The third kappa shape index (κ3) is 1.42. The quantitative estimate of drug-likeness (QED) is 0.344. The molecule has 2 nitrogen and oxygen atoms in total. The van der Waals surface area contributed by atoms with Crippen LogP contribution in [-0.2, 0) is 0 Å². The van der Waals surface area contributed by atoms with Gasteiger partial charge in [0.05, 0.1) is 5.51 Å². The molecule has 0 aliphatic heterocycles. The number of rotatable bonds is 1. The van der Waals surface area contributed by atoms with Crippen molar-refractivity contribution in [2.75, 3.05) is 0 Å². The summed E-state index contributed by atoms with van der Waals surface area (Å²) >= 11 is 1.31. The summed E-state index contributed by atoms with van der Waals surface area (Å²) in [7, 11) is 0. The maximum atomic E-state index is 10.9. The molecule has 0 atom stereocenters. The first kappa shape index (κ1) is 6.97. The number of hydrogen-bond donors (Lipinski definition) is 0. The smallest absolute Gasteiger partial charge is 0.247 e. The van der Waals surface area contributed by atoms with Crippen molar-refractivity contribution in [1.29, 1.82) is 0 Å². The molecule has 3 heteroatoms. The van der Waals surface area contributed by atoms with Crippen molar-refractivity contribution in [3.8, 4) is 11.8 Å². The Morgan fingerprint density at radius 2 is 2.60 bits per heavy atom. The van der Waals surface area contributed by atoms with E-state index in [9.17, 15) is 4.79 Å². The molecule has 0 aromatic carbocycles. The number of Topliss-reactive ketones (excluding diaryl/α,β-unsaturated/α-hetero) is 1. The van der Waals surface area contributed by atoms with E-state index in [2.05, 4.69) is 16.8 Å². The molecule has 10 heavy (non-hydrogen) atoms. The average molecular weight is 151 g/mol. The molecule has 0 amide bonds. The van der Waals surface area contributed by atoms with E-state index in [-0.39, 0.29) is 5.78 Å². The zero-order valence-electron chi connectivity index (χ0n) is 5.42. The molecule has 1 aromatic rings. The lowest BCUT2D eigenvalue weighted by molar-refractivity contribution is 0.106. The molecule has 0 fully saturated rings. The van der Waals surface area contributed by atoms with Gasteiger partial charge in [0, 0.05) is 6.20 Å². The van der Waals surface area contributed by atoms with Crippen molar-refractivity contribution < 1.29 is 4.79 Å². The van der Waals surface area contributed by atoms with Crippen LogP contribution in [0.5, 0.6) is 0 Å². The minimum absolute atomic E-state index is 0.148. The highest BCUT2D eigenvalue weighted by Gasteiger charge is 2.01. The van der Waals surface area contributed by atoms with E-state index in [1.165, 1.54) is 17.5 Å². The number of nitrogens with zero attached hydrogens (tertiary/aromatic N) is 1. The van der Waals surface area contributed by atoms with Gasteiger partial charge >= 0.3 is 0 Å². The van der Waals surface area contributed by atoms with Gasteiger partial charge in [-0.2, -0.15) is 0 Å². The fraction of sp³-hybridized carbons (Fsp3) is 0.143. The Bertz CT molecular complexity index is 278. The fourth-order valence-corrected chi connectivity index (χ4v) is 1.02. The summed E-state index contributed by atoms with van der Waals surface area (Å²) in [6, 6.07) is 0. The maximum Gasteiger partial charge on any atom is 0.247 e. The Morgan fingerprint density at radius 3 is 3.10 bits per heavy atom. The Balaban J connectivity index is 2.85. The van der Waals surface area contributed by atoms with Crippen LogP contribution in [0.3, 0.4) is 0 Å². The summed E-state index contributed by atoms with van der Waals surface area (Å²) in [4.78, 5) is 15.3. The van der Waals surface area contributed by atoms with Crippen molar-refractivity contribution in [3.05, 3.63) is 16.6 Å². The van der Waals surface area contributed by atoms with E-state index < -0.39 is 0 Å². The largest absolute Gasteiger partial charge is 0.278 e. The van der Waals surface area contributed by atoms with Gasteiger partial charge in [-0.05, 0) is 12.8 Å². The van der Waals surface area contributed by atoms with Gasteiger partial charge in [-0.15, -0.1) is 11.3 Å². The first-order valence-electron chi connectivity index (χ1n) is 2.70. The lowest BCUT2D eigenvalue weighted by atomic mass is 10.3. The van der Waals surface area contributed by atoms with Gasteiger partial charge in [-0.25, -0.2) is 0 Å². The molecule has 0 N–H and O–H groups in total.